The third kappa shape index (κ3) is 3.55. The van der Waals surface area contributed by atoms with Crippen LogP contribution in [0.1, 0.15) is 32.6 Å². The Kier molecular flexibility index (Phi) is 4.62. The summed E-state index contributed by atoms with van der Waals surface area (Å²) in [5.74, 6) is 0. The van der Waals surface area contributed by atoms with E-state index in [0.29, 0.717) is 0 Å². The molecule has 0 atom stereocenters. The van der Waals surface area contributed by atoms with Crippen LogP contribution < -0.4 is 5.32 Å². The molecule has 0 aromatic rings. The van der Waals surface area contributed by atoms with Gasteiger partial charge in [0.1, 0.15) is 0 Å². The van der Waals surface area contributed by atoms with Crippen molar-refractivity contribution in [2.24, 2.45) is 0 Å². The van der Waals surface area contributed by atoms with Gasteiger partial charge in [0, 0.05) is 6.04 Å². The molecule has 0 aromatic carbocycles. The largest absolute Gasteiger partial charge is 0.320 e. The van der Waals surface area contributed by atoms with Gasteiger partial charge in [-0.05, 0) is 52.4 Å². The highest BCUT2D eigenvalue weighted by molar-refractivity contribution is 4.83. The van der Waals surface area contributed by atoms with Crippen LogP contribution in [-0.4, -0.2) is 37.6 Å². The second-order valence-corrected chi connectivity index (χ2v) is 3.67. The Labute approximate surface area is 76.3 Å². The molecule has 1 N–H and O–H groups in total. The van der Waals surface area contributed by atoms with Gasteiger partial charge in [0.05, 0.1) is 0 Å². The fraction of sp³-hybridized carbons (Fsp3) is 1.00. The van der Waals surface area contributed by atoms with E-state index in [2.05, 4.69) is 17.1 Å². The van der Waals surface area contributed by atoms with Gasteiger partial charge in [-0.3, -0.25) is 0 Å². The van der Waals surface area contributed by atoms with Crippen molar-refractivity contribution in [2.45, 2.75) is 38.6 Å². The molecule has 1 fully saturated rings. The Bertz CT molecular complexity index is 110. The summed E-state index contributed by atoms with van der Waals surface area (Å²) in [7, 11) is 2.03. The number of rotatable bonds is 7. The fourth-order valence-corrected chi connectivity index (χ4v) is 1.66. The highest BCUT2D eigenvalue weighted by atomic mass is 15.2. The number of hydrogen-bond acceptors (Lipinski definition) is 2. The van der Waals surface area contributed by atoms with Crippen molar-refractivity contribution < 1.29 is 0 Å². The molecular formula is C10H22N2. The third-order valence-corrected chi connectivity index (χ3v) is 2.59. The average molecular weight is 170 g/mol. The molecule has 1 aliphatic carbocycles. The van der Waals surface area contributed by atoms with Crippen LogP contribution in [0.3, 0.4) is 0 Å². The van der Waals surface area contributed by atoms with Crippen LogP contribution in [0.15, 0.2) is 0 Å². The van der Waals surface area contributed by atoms with Crippen molar-refractivity contribution in [1.29, 1.82) is 0 Å². The van der Waals surface area contributed by atoms with E-state index in [1.807, 2.05) is 7.05 Å². The molecule has 0 heterocycles. The molecule has 1 saturated carbocycles. The van der Waals surface area contributed by atoms with E-state index < -0.39 is 0 Å². The maximum atomic E-state index is 3.19. The predicted molar refractivity (Wildman–Crippen MR) is 53.4 cm³/mol. The van der Waals surface area contributed by atoms with Crippen molar-refractivity contribution in [3.05, 3.63) is 0 Å². The molecule has 0 aliphatic heterocycles. The first-order valence-electron chi connectivity index (χ1n) is 5.27. The summed E-state index contributed by atoms with van der Waals surface area (Å²) in [6.45, 7) is 5.99. The van der Waals surface area contributed by atoms with Gasteiger partial charge < -0.3 is 10.2 Å². The lowest BCUT2D eigenvalue weighted by Gasteiger charge is -2.19. The quantitative estimate of drug-likeness (QED) is 0.582. The molecule has 1 rings (SSSR count). The van der Waals surface area contributed by atoms with Gasteiger partial charge in [-0.15, -0.1) is 0 Å². The van der Waals surface area contributed by atoms with Gasteiger partial charge in [0.25, 0.3) is 0 Å². The molecule has 0 aromatic heterocycles. The topological polar surface area (TPSA) is 15.3 Å². The number of hydrogen-bond donors (Lipinski definition) is 1. The minimum atomic E-state index is 0.949. The van der Waals surface area contributed by atoms with E-state index in [9.17, 15) is 0 Å². The lowest BCUT2D eigenvalue weighted by atomic mass is 10.3. The van der Waals surface area contributed by atoms with Gasteiger partial charge in [-0.25, -0.2) is 0 Å². The summed E-state index contributed by atoms with van der Waals surface area (Å²) in [4.78, 5) is 2.62. The molecule has 0 spiro atoms. The Morgan fingerprint density at radius 1 is 1.33 bits per heavy atom. The highest BCUT2D eigenvalue weighted by Gasteiger charge is 2.26. The maximum Gasteiger partial charge on any atom is 0.00963 e. The summed E-state index contributed by atoms with van der Waals surface area (Å²) in [5, 5.41) is 3.19. The maximum absolute atomic E-state index is 3.19. The van der Waals surface area contributed by atoms with Crippen molar-refractivity contribution in [2.75, 3.05) is 26.7 Å². The molecule has 12 heavy (non-hydrogen) atoms. The molecule has 0 radical (unpaired) electrons. The average Bonchev–Trinajstić information content (AvgIpc) is 2.88. The molecule has 0 bridgehead atoms. The summed E-state index contributed by atoms with van der Waals surface area (Å²) >= 11 is 0. The van der Waals surface area contributed by atoms with E-state index in [-0.39, 0.29) is 0 Å². The molecule has 72 valence electrons. The Hall–Kier alpha value is -0.0800. The summed E-state index contributed by atoms with van der Waals surface area (Å²) in [6.07, 6.45) is 5.56. The van der Waals surface area contributed by atoms with Crippen LogP contribution in [-0.2, 0) is 0 Å². The number of nitrogens with zero attached hydrogens (tertiary/aromatic N) is 1. The molecule has 2 nitrogen and oxygen atoms in total. The lowest BCUT2D eigenvalue weighted by molar-refractivity contribution is 0.271. The van der Waals surface area contributed by atoms with Crippen LogP contribution in [0.25, 0.3) is 0 Å². The van der Waals surface area contributed by atoms with Gasteiger partial charge in [0.15, 0.2) is 0 Å². The van der Waals surface area contributed by atoms with Crippen molar-refractivity contribution >= 4 is 0 Å². The molecular weight excluding hydrogens is 148 g/mol. The first kappa shape index (κ1) is 10.0. The molecule has 1 aliphatic rings. The van der Waals surface area contributed by atoms with Crippen molar-refractivity contribution in [3.8, 4) is 0 Å². The van der Waals surface area contributed by atoms with Gasteiger partial charge in [0.2, 0.25) is 0 Å². The van der Waals surface area contributed by atoms with E-state index in [1.54, 1.807) is 0 Å². The zero-order valence-corrected chi connectivity index (χ0v) is 8.47. The normalized spacial score (nSPS) is 17.2. The van der Waals surface area contributed by atoms with Crippen molar-refractivity contribution in [3.63, 3.8) is 0 Å². The zero-order valence-electron chi connectivity index (χ0n) is 8.47. The minimum Gasteiger partial charge on any atom is -0.320 e. The lowest BCUT2D eigenvalue weighted by Crippen LogP contribution is -2.27. The van der Waals surface area contributed by atoms with Gasteiger partial charge in [-0.2, -0.15) is 0 Å². The van der Waals surface area contributed by atoms with E-state index in [0.717, 1.165) is 6.04 Å². The van der Waals surface area contributed by atoms with Crippen LogP contribution >= 0.6 is 0 Å². The minimum absolute atomic E-state index is 0.949. The zero-order chi connectivity index (χ0) is 8.81. The van der Waals surface area contributed by atoms with E-state index >= 15 is 0 Å². The first-order chi connectivity index (χ1) is 5.88. The van der Waals surface area contributed by atoms with Gasteiger partial charge in [-0.1, -0.05) is 6.92 Å². The summed E-state index contributed by atoms with van der Waals surface area (Å²) in [6, 6.07) is 0.949. The molecule has 2 heteroatoms. The smallest absolute Gasteiger partial charge is 0.00963 e. The highest BCUT2D eigenvalue weighted by Crippen LogP contribution is 2.26. The molecule has 0 amide bonds. The van der Waals surface area contributed by atoms with E-state index in [4.69, 9.17) is 0 Å². The fourth-order valence-electron chi connectivity index (χ4n) is 1.66. The predicted octanol–water partition coefficient (Wildman–Crippen LogP) is 1.47. The second-order valence-electron chi connectivity index (χ2n) is 3.67. The number of nitrogens with one attached hydrogen (secondary N) is 1. The van der Waals surface area contributed by atoms with E-state index in [1.165, 1.54) is 45.3 Å². The summed E-state index contributed by atoms with van der Waals surface area (Å²) < 4.78 is 0. The van der Waals surface area contributed by atoms with Crippen LogP contribution in [0.4, 0.5) is 0 Å². The van der Waals surface area contributed by atoms with Crippen LogP contribution in [0.5, 0.6) is 0 Å². The molecule has 0 unspecified atom stereocenters. The number of unbranched alkanes of at least 4 members (excludes halogenated alkanes) is 1. The van der Waals surface area contributed by atoms with Crippen LogP contribution in [0.2, 0.25) is 0 Å². The molecule has 0 saturated heterocycles. The summed E-state index contributed by atoms with van der Waals surface area (Å²) in [5.41, 5.74) is 0. The standard InChI is InChI=1S/C10H22N2/c1-3-12(10-6-7-10)9-5-4-8-11-2/h10-11H,3-9H2,1-2H3. The Morgan fingerprint density at radius 2 is 2.08 bits per heavy atom. The third-order valence-electron chi connectivity index (χ3n) is 2.59. The monoisotopic (exact) mass is 170 g/mol. The SMILES string of the molecule is CCN(CCCCNC)C1CC1. The Morgan fingerprint density at radius 3 is 2.58 bits per heavy atom. The van der Waals surface area contributed by atoms with Crippen molar-refractivity contribution in [1.82, 2.24) is 10.2 Å². The van der Waals surface area contributed by atoms with Crippen LogP contribution in [0, 0.1) is 0 Å². The van der Waals surface area contributed by atoms with Gasteiger partial charge >= 0.3 is 0 Å². The first-order valence-corrected chi connectivity index (χ1v) is 5.27. The Balaban J connectivity index is 1.95. The second kappa shape index (κ2) is 5.55.